The Morgan fingerprint density at radius 3 is 2.50 bits per heavy atom. The topological polar surface area (TPSA) is 59.5 Å². The zero-order chi connectivity index (χ0) is 13.9. The average molecular weight is 278 g/mol. The zero-order valence-electron chi connectivity index (χ0n) is 12.1. The lowest BCUT2D eigenvalue weighted by Gasteiger charge is -2.15. The van der Waals surface area contributed by atoms with Crippen LogP contribution in [-0.4, -0.2) is 54.8 Å². The molecule has 0 bridgehead atoms. The summed E-state index contributed by atoms with van der Waals surface area (Å²) in [6, 6.07) is 2.54. The molecule has 1 saturated heterocycles. The Hall–Kier alpha value is -1.56. The highest BCUT2D eigenvalue weighted by Gasteiger charge is 2.34. The van der Waals surface area contributed by atoms with E-state index in [-0.39, 0.29) is 0 Å². The summed E-state index contributed by atoms with van der Waals surface area (Å²) in [5, 5.41) is 3.31. The number of rotatable bonds is 6. The Labute approximate surface area is 119 Å². The van der Waals surface area contributed by atoms with Crippen LogP contribution in [0.3, 0.4) is 0 Å². The van der Waals surface area contributed by atoms with Gasteiger partial charge in [-0.15, -0.1) is 0 Å². The third-order valence-electron chi connectivity index (χ3n) is 4.03. The number of nitrogens with zero attached hydrogens (tertiary/aromatic N) is 3. The molecule has 1 atom stereocenters. The number of likely N-dealkylation sites (tertiary alicyclic amines) is 1. The molecular formula is C14H22N4O2. The van der Waals surface area contributed by atoms with Gasteiger partial charge in [-0.25, -0.2) is 0 Å². The van der Waals surface area contributed by atoms with Crippen LogP contribution in [0.5, 0.6) is 11.8 Å². The normalized spacial score (nSPS) is 22.8. The number of hydrogen-bond acceptors (Lipinski definition) is 6. The molecule has 1 saturated carbocycles. The van der Waals surface area contributed by atoms with Gasteiger partial charge in [-0.05, 0) is 31.7 Å². The molecule has 0 spiro atoms. The van der Waals surface area contributed by atoms with Gasteiger partial charge in [0.15, 0.2) is 0 Å². The highest BCUT2D eigenvalue weighted by Crippen LogP contribution is 2.31. The lowest BCUT2D eigenvalue weighted by atomic mass is 10.1. The van der Waals surface area contributed by atoms with Crippen LogP contribution in [0.2, 0.25) is 0 Å². The fourth-order valence-electron chi connectivity index (χ4n) is 2.73. The zero-order valence-corrected chi connectivity index (χ0v) is 12.1. The van der Waals surface area contributed by atoms with Gasteiger partial charge in [-0.1, -0.05) is 0 Å². The lowest BCUT2D eigenvalue weighted by molar-refractivity contribution is 0.316. The molecule has 3 rings (SSSR count). The van der Waals surface area contributed by atoms with Crippen molar-refractivity contribution in [2.24, 2.45) is 5.92 Å². The molecule has 1 aliphatic carbocycles. The molecule has 1 N–H and O–H groups in total. The molecule has 0 amide bonds. The van der Waals surface area contributed by atoms with Crippen molar-refractivity contribution in [1.29, 1.82) is 0 Å². The van der Waals surface area contributed by atoms with Gasteiger partial charge in [0, 0.05) is 19.1 Å². The molecule has 20 heavy (non-hydrogen) atoms. The van der Waals surface area contributed by atoms with Crippen molar-refractivity contribution in [2.75, 3.05) is 39.2 Å². The largest absolute Gasteiger partial charge is 0.481 e. The van der Waals surface area contributed by atoms with Crippen molar-refractivity contribution in [3.63, 3.8) is 0 Å². The molecule has 1 aliphatic heterocycles. The van der Waals surface area contributed by atoms with Crippen LogP contribution in [0.25, 0.3) is 0 Å². The molecule has 1 unspecified atom stereocenters. The molecule has 1 aromatic heterocycles. The van der Waals surface area contributed by atoms with Crippen molar-refractivity contribution in [3.8, 4) is 11.8 Å². The first-order valence-electron chi connectivity index (χ1n) is 7.23. The predicted molar refractivity (Wildman–Crippen MR) is 76.3 cm³/mol. The van der Waals surface area contributed by atoms with Gasteiger partial charge in [-0.3, -0.25) is 0 Å². The maximum atomic E-state index is 5.15. The summed E-state index contributed by atoms with van der Waals surface area (Å²) in [5.74, 6) is 2.29. The summed E-state index contributed by atoms with van der Waals surface area (Å²) in [5.41, 5.74) is 0. The number of anilines is 1. The summed E-state index contributed by atoms with van der Waals surface area (Å²) >= 11 is 0. The van der Waals surface area contributed by atoms with Gasteiger partial charge < -0.3 is 19.7 Å². The summed E-state index contributed by atoms with van der Waals surface area (Å²) in [6.45, 7) is 3.33. The predicted octanol–water partition coefficient (Wildman–Crippen LogP) is 1.39. The summed E-state index contributed by atoms with van der Waals surface area (Å²) in [4.78, 5) is 11.2. The van der Waals surface area contributed by atoms with Crippen LogP contribution in [-0.2, 0) is 0 Å². The Morgan fingerprint density at radius 1 is 1.20 bits per heavy atom. The maximum Gasteiger partial charge on any atom is 0.229 e. The van der Waals surface area contributed by atoms with E-state index >= 15 is 0 Å². The van der Waals surface area contributed by atoms with Gasteiger partial charge in [0.1, 0.15) is 0 Å². The Kier molecular flexibility index (Phi) is 3.91. The van der Waals surface area contributed by atoms with Gasteiger partial charge in [0.2, 0.25) is 17.7 Å². The van der Waals surface area contributed by atoms with Crippen LogP contribution in [0.15, 0.2) is 6.07 Å². The van der Waals surface area contributed by atoms with E-state index in [9.17, 15) is 0 Å². The molecule has 0 radical (unpaired) electrons. The molecule has 2 heterocycles. The van der Waals surface area contributed by atoms with Crippen molar-refractivity contribution in [1.82, 2.24) is 14.9 Å². The van der Waals surface area contributed by atoms with Crippen molar-refractivity contribution < 1.29 is 9.47 Å². The van der Waals surface area contributed by atoms with Gasteiger partial charge in [0.05, 0.1) is 20.3 Å². The van der Waals surface area contributed by atoms with E-state index in [2.05, 4.69) is 20.2 Å². The number of methoxy groups -OCH3 is 2. The van der Waals surface area contributed by atoms with E-state index in [1.807, 2.05) is 0 Å². The standard InChI is InChI=1S/C14H22N4O2/c1-19-12-7-13(20-2)17-14(16-12)15-8-10-5-6-18(9-10)11-3-4-11/h7,10-11H,3-6,8-9H2,1-2H3,(H,15,16,17). The minimum atomic E-state index is 0.519. The fourth-order valence-corrected chi connectivity index (χ4v) is 2.73. The molecule has 110 valence electrons. The van der Waals surface area contributed by atoms with Crippen LogP contribution in [0.1, 0.15) is 19.3 Å². The Morgan fingerprint density at radius 2 is 1.90 bits per heavy atom. The first-order valence-corrected chi connectivity index (χ1v) is 7.23. The summed E-state index contributed by atoms with van der Waals surface area (Å²) in [6.07, 6.45) is 4.03. The summed E-state index contributed by atoms with van der Waals surface area (Å²) in [7, 11) is 3.19. The molecule has 0 aromatic carbocycles. The maximum absolute atomic E-state index is 5.15. The highest BCUT2D eigenvalue weighted by atomic mass is 16.5. The number of ether oxygens (including phenoxy) is 2. The number of nitrogens with one attached hydrogen (secondary N) is 1. The first kappa shape index (κ1) is 13.4. The number of aromatic nitrogens is 2. The SMILES string of the molecule is COc1cc(OC)nc(NCC2CCN(C3CC3)C2)n1. The Bertz CT molecular complexity index is 442. The first-order chi connectivity index (χ1) is 9.78. The molecule has 2 aliphatic rings. The fraction of sp³-hybridized carbons (Fsp3) is 0.714. The van der Waals surface area contributed by atoms with Crippen LogP contribution >= 0.6 is 0 Å². The van der Waals surface area contributed by atoms with E-state index in [0.29, 0.717) is 23.6 Å². The quantitative estimate of drug-likeness (QED) is 0.848. The molecule has 6 heteroatoms. The van der Waals surface area contributed by atoms with E-state index in [0.717, 1.165) is 12.6 Å². The molecular weight excluding hydrogens is 256 g/mol. The molecule has 6 nitrogen and oxygen atoms in total. The highest BCUT2D eigenvalue weighted by molar-refractivity contribution is 5.33. The summed E-state index contributed by atoms with van der Waals surface area (Å²) < 4.78 is 10.3. The van der Waals surface area contributed by atoms with Gasteiger partial charge in [0.25, 0.3) is 0 Å². The average Bonchev–Trinajstić information content (AvgIpc) is 3.23. The minimum Gasteiger partial charge on any atom is -0.481 e. The van der Waals surface area contributed by atoms with Crippen LogP contribution < -0.4 is 14.8 Å². The van der Waals surface area contributed by atoms with E-state index in [1.165, 1.54) is 32.4 Å². The van der Waals surface area contributed by atoms with E-state index < -0.39 is 0 Å². The van der Waals surface area contributed by atoms with Crippen LogP contribution in [0.4, 0.5) is 5.95 Å². The monoisotopic (exact) mass is 278 g/mol. The third kappa shape index (κ3) is 3.12. The van der Waals surface area contributed by atoms with E-state index in [1.54, 1.807) is 20.3 Å². The third-order valence-corrected chi connectivity index (χ3v) is 4.03. The van der Waals surface area contributed by atoms with Crippen LogP contribution in [0, 0.1) is 5.92 Å². The Balaban J connectivity index is 1.55. The lowest BCUT2D eigenvalue weighted by Crippen LogP contribution is -2.25. The second kappa shape index (κ2) is 5.83. The molecule has 2 fully saturated rings. The van der Waals surface area contributed by atoms with Crippen molar-refractivity contribution in [2.45, 2.75) is 25.3 Å². The second-order valence-corrected chi connectivity index (χ2v) is 5.54. The minimum absolute atomic E-state index is 0.519. The number of hydrogen-bond donors (Lipinski definition) is 1. The second-order valence-electron chi connectivity index (χ2n) is 5.54. The smallest absolute Gasteiger partial charge is 0.229 e. The van der Waals surface area contributed by atoms with Crippen molar-refractivity contribution in [3.05, 3.63) is 6.07 Å². The van der Waals surface area contributed by atoms with E-state index in [4.69, 9.17) is 9.47 Å². The van der Waals surface area contributed by atoms with Crippen molar-refractivity contribution >= 4 is 5.95 Å². The van der Waals surface area contributed by atoms with Gasteiger partial charge in [-0.2, -0.15) is 9.97 Å². The molecule has 1 aromatic rings. The van der Waals surface area contributed by atoms with Gasteiger partial charge >= 0.3 is 0 Å².